The van der Waals surface area contributed by atoms with Gasteiger partial charge in [0.2, 0.25) is 11.0 Å². The zero-order valence-corrected chi connectivity index (χ0v) is 12.3. The summed E-state index contributed by atoms with van der Waals surface area (Å²) in [6, 6.07) is 9.79. The highest BCUT2D eigenvalue weighted by Gasteiger charge is 2.09. The zero-order valence-electron chi connectivity index (χ0n) is 10.7. The highest BCUT2D eigenvalue weighted by molar-refractivity contribution is 8.01. The monoisotopic (exact) mass is 294 g/mol. The molecule has 0 spiro atoms. The lowest BCUT2D eigenvalue weighted by molar-refractivity contribution is -0.125. The summed E-state index contributed by atoms with van der Waals surface area (Å²) in [5, 5.41) is 12.0. The van der Waals surface area contributed by atoms with Crippen LogP contribution in [-0.2, 0) is 4.79 Å². The Labute approximate surface area is 120 Å². The smallest absolute Gasteiger partial charge is 0.232 e. The number of amides is 1. The van der Waals surface area contributed by atoms with E-state index in [1.54, 1.807) is 19.0 Å². The number of carbonyl (C=O) groups excluding carboxylic acids is 1. The number of rotatable bonds is 5. The van der Waals surface area contributed by atoms with Gasteiger partial charge in [-0.25, -0.2) is 0 Å². The summed E-state index contributed by atoms with van der Waals surface area (Å²) in [6.45, 7) is 0. The lowest BCUT2D eigenvalue weighted by Gasteiger charge is -2.07. The van der Waals surface area contributed by atoms with Crippen LogP contribution < -0.4 is 5.32 Å². The quantitative estimate of drug-likeness (QED) is 0.858. The van der Waals surface area contributed by atoms with Crippen LogP contribution in [0.5, 0.6) is 0 Å². The molecule has 2 rings (SSSR count). The lowest BCUT2D eigenvalue weighted by Crippen LogP contribution is -2.23. The molecule has 5 nitrogen and oxygen atoms in total. The van der Waals surface area contributed by atoms with Crippen LogP contribution in [0, 0.1) is 0 Å². The van der Waals surface area contributed by atoms with E-state index in [2.05, 4.69) is 15.5 Å². The molecule has 0 aliphatic heterocycles. The van der Waals surface area contributed by atoms with Gasteiger partial charge in [-0.15, -0.1) is 10.2 Å². The van der Waals surface area contributed by atoms with E-state index in [9.17, 15) is 4.79 Å². The van der Waals surface area contributed by atoms with Crippen molar-refractivity contribution < 1.29 is 4.79 Å². The summed E-state index contributed by atoms with van der Waals surface area (Å²) in [6.07, 6.45) is 0. The molecule has 0 radical (unpaired) electrons. The number of para-hydroxylation sites is 1. The van der Waals surface area contributed by atoms with E-state index in [1.165, 1.54) is 23.1 Å². The Morgan fingerprint density at radius 1 is 1.32 bits per heavy atom. The average molecular weight is 294 g/mol. The molecule has 0 saturated heterocycles. The van der Waals surface area contributed by atoms with Crippen molar-refractivity contribution >= 4 is 39.8 Å². The molecule has 0 fully saturated rings. The largest absolute Gasteiger partial charge is 0.348 e. The standard InChI is InChI=1S/C12H14N4OS2/c1-16(2)10(17)8-18-12-15-14-11(19-12)13-9-6-4-3-5-7-9/h3-7H,8H2,1-2H3,(H,13,14). The summed E-state index contributed by atoms with van der Waals surface area (Å²) in [5.74, 6) is 0.449. The molecular formula is C12H14N4OS2. The van der Waals surface area contributed by atoms with E-state index in [4.69, 9.17) is 0 Å². The molecule has 100 valence electrons. The number of carbonyl (C=O) groups is 1. The van der Waals surface area contributed by atoms with E-state index in [1.807, 2.05) is 30.3 Å². The van der Waals surface area contributed by atoms with Crippen LogP contribution >= 0.6 is 23.1 Å². The van der Waals surface area contributed by atoms with Crippen LogP contribution in [0.1, 0.15) is 0 Å². The first-order chi connectivity index (χ1) is 9.15. The van der Waals surface area contributed by atoms with Crippen molar-refractivity contribution in [1.29, 1.82) is 0 Å². The Kier molecular flexibility index (Phi) is 4.75. The lowest BCUT2D eigenvalue weighted by atomic mass is 10.3. The minimum atomic E-state index is 0.0674. The molecule has 19 heavy (non-hydrogen) atoms. The number of benzene rings is 1. The molecule has 1 heterocycles. The molecule has 0 bridgehead atoms. The maximum atomic E-state index is 11.5. The summed E-state index contributed by atoms with van der Waals surface area (Å²) in [5.41, 5.74) is 0.972. The van der Waals surface area contributed by atoms with Gasteiger partial charge in [-0.3, -0.25) is 4.79 Å². The molecule has 0 atom stereocenters. The molecule has 7 heteroatoms. The third-order valence-corrected chi connectivity index (χ3v) is 4.21. The van der Waals surface area contributed by atoms with Gasteiger partial charge in [0.15, 0.2) is 4.34 Å². The first-order valence-corrected chi connectivity index (χ1v) is 7.44. The second kappa shape index (κ2) is 6.53. The number of thioether (sulfide) groups is 1. The molecule has 0 aliphatic rings. The van der Waals surface area contributed by atoms with Crippen LogP contribution in [0.3, 0.4) is 0 Å². The van der Waals surface area contributed by atoms with Gasteiger partial charge in [0.05, 0.1) is 5.75 Å². The summed E-state index contributed by atoms with van der Waals surface area (Å²) >= 11 is 2.84. The van der Waals surface area contributed by atoms with E-state index in [0.29, 0.717) is 5.75 Å². The summed E-state index contributed by atoms with van der Waals surface area (Å²) in [7, 11) is 3.48. The first-order valence-electron chi connectivity index (χ1n) is 5.63. The SMILES string of the molecule is CN(C)C(=O)CSc1nnc(Nc2ccccc2)s1. The van der Waals surface area contributed by atoms with Gasteiger partial charge < -0.3 is 10.2 Å². The van der Waals surface area contributed by atoms with Crippen molar-refractivity contribution in [1.82, 2.24) is 15.1 Å². The van der Waals surface area contributed by atoms with Gasteiger partial charge in [0, 0.05) is 19.8 Å². The van der Waals surface area contributed by atoms with Crippen molar-refractivity contribution in [3.8, 4) is 0 Å². The number of aromatic nitrogens is 2. The predicted molar refractivity (Wildman–Crippen MR) is 79.1 cm³/mol. The van der Waals surface area contributed by atoms with Gasteiger partial charge in [0.25, 0.3) is 0 Å². The van der Waals surface area contributed by atoms with Crippen LogP contribution in [0.4, 0.5) is 10.8 Å². The fourth-order valence-electron chi connectivity index (χ4n) is 1.22. The number of nitrogens with one attached hydrogen (secondary N) is 1. The number of anilines is 2. The fourth-order valence-corrected chi connectivity index (χ4v) is 2.97. The van der Waals surface area contributed by atoms with Crippen molar-refractivity contribution in [3.05, 3.63) is 30.3 Å². The van der Waals surface area contributed by atoms with Crippen molar-refractivity contribution in [2.75, 3.05) is 25.2 Å². The van der Waals surface area contributed by atoms with Crippen molar-refractivity contribution in [2.45, 2.75) is 4.34 Å². The average Bonchev–Trinajstić information content (AvgIpc) is 2.84. The number of hydrogen-bond acceptors (Lipinski definition) is 6. The van der Waals surface area contributed by atoms with Gasteiger partial charge in [-0.05, 0) is 12.1 Å². The van der Waals surface area contributed by atoms with Crippen molar-refractivity contribution in [3.63, 3.8) is 0 Å². The minimum Gasteiger partial charge on any atom is -0.348 e. The highest BCUT2D eigenvalue weighted by atomic mass is 32.2. The topological polar surface area (TPSA) is 58.1 Å². The Balaban J connectivity index is 1.91. The minimum absolute atomic E-state index is 0.0674. The van der Waals surface area contributed by atoms with E-state index < -0.39 is 0 Å². The molecule has 0 unspecified atom stereocenters. The third-order valence-electron chi connectivity index (χ3n) is 2.25. The number of nitrogens with zero attached hydrogens (tertiary/aromatic N) is 3. The van der Waals surface area contributed by atoms with Gasteiger partial charge in [-0.1, -0.05) is 41.3 Å². The summed E-state index contributed by atoms with van der Waals surface area (Å²) in [4.78, 5) is 13.0. The normalized spacial score (nSPS) is 10.2. The molecule has 0 aliphatic carbocycles. The highest BCUT2D eigenvalue weighted by Crippen LogP contribution is 2.27. The Bertz CT molecular complexity index is 542. The molecule has 2 aromatic rings. The van der Waals surface area contributed by atoms with E-state index in [0.717, 1.165) is 15.2 Å². The Hall–Kier alpha value is -1.60. The van der Waals surface area contributed by atoms with E-state index >= 15 is 0 Å². The predicted octanol–water partition coefficient (Wildman–Crippen LogP) is 2.46. The maximum absolute atomic E-state index is 11.5. The van der Waals surface area contributed by atoms with E-state index in [-0.39, 0.29) is 5.91 Å². The van der Waals surface area contributed by atoms with Gasteiger partial charge >= 0.3 is 0 Å². The molecule has 1 aromatic carbocycles. The van der Waals surface area contributed by atoms with Crippen molar-refractivity contribution in [2.24, 2.45) is 0 Å². The fraction of sp³-hybridized carbons (Fsp3) is 0.250. The first kappa shape index (κ1) is 13.8. The van der Waals surface area contributed by atoms with Crippen LogP contribution in [-0.4, -0.2) is 40.9 Å². The zero-order chi connectivity index (χ0) is 13.7. The second-order valence-corrected chi connectivity index (χ2v) is 6.14. The molecule has 1 N–H and O–H groups in total. The Morgan fingerprint density at radius 2 is 2.05 bits per heavy atom. The van der Waals surface area contributed by atoms with Gasteiger partial charge in [0.1, 0.15) is 0 Å². The maximum Gasteiger partial charge on any atom is 0.232 e. The second-order valence-electron chi connectivity index (χ2n) is 3.94. The van der Waals surface area contributed by atoms with Crippen LogP contribution in [0.25, 0.3) is 0 Å². The molecular weight excluding hydrogens is 280 g/mol. The van der Waals surface area contributed by atoms with Crippen LogP contribution in [0.15, 0.2) is 34.7 Å². The summed E-state index contributed by atoms with van der Waals surface area (Å²) < 4.78 is 0.786. The molecule has 0 saturated carbocycles. The Morgan fingerprint density at radius 3 is 2.74 bits per heavy atom. The van der Waals surface area contributed by atoms with Crippen LogP contribution in [0.2, 0.25) is 0 Å². The third kappa shape index (κ3) is 4.22. The molecule has 1 aromatic heterocycles. The molecule has 1 amide bonds. The number of hydrogen-bond donors (Lipinski definition) is 1. The van der Waals surface area contributed by atoms with Gasteiger partial charge in [-0.2, -0.15) is 0 Å².